The molecule has 102 valence electrons. The fraction of sp³-hybridized carbons (Fsp3) is 0.615. The molecule has 1 fully saturated rings. The lowest BCUT2D eigenvalue weighted by Crippen LogP contribution is -2.53. The molecule has 1 aromatic heterocycles. The minimum absolute atomic E-state index is 0. The highest BCUT2D eigenvalue weighted by Crippen LogP contribution is 2.26. The Balaban J connectivity index is 0.00000162. The standard InChI is InChI=1S/C13H20N2OS.ClH/c1-3-13(7-5-8-14-13)12(16)15(2)10-11-6-4-9-17-11;/h4,6,9,14H,3,5,7-8,10H2,1-2H3;1H. The van der Waals surface area contributed by atoms with Crippen molar-refractivity contribution in [1.82, 2.24) is 10.2 Å². The molecule has 0 aliphatic carbocycles. The highest BCUT2D eigenvalue weighted by molar-refractivity contribution is 7.09. The van der Waals surface area contributed by atoms with Crippen LogP contribution in [0.15, 0.2) is 17.5 Å². The van der Waals surface area contributed by atoms with E-state index >= 15 is 0 Å². The van der Waals surface area contributed by atoms with E-state index in [0.29, 0.717) is 0 Å². The average Bonchev–Trinajstić information content (AvgIpc) is 2.99. The van der Waals surface area contributed by atoms with Gasteiger partial charge in [0.25, 0.3) is 0 Å². The monoisotopic (exact) mass is 288 g/mol. The zero-order valence-electron chi connectivity index (χ0n) is 10.9. The summed E-state index contributed by atoms with van der Waals surface area (Å²) in [6.07, 6.45) is 2.95. The molecule has 18 heavy (non-hydrogen) atoms. The second-order valence-corrected chi connectivity index (χ2v) is 5.74. The van der Waals surface area contributed by atoms with Crippen LogP contribution < -0.4 is 5.32 Å². The molecule has 1 aliphatic rings. The van der Waals surface area contributed by atoms with Crippen molar-refractivity contribution in [3.05, 3.63) is 22.4 Å². The Hall–Kier alpha value is -0.580. The van der Waals surface area contributed by atoms with Gasteiger partial charge in [0.1, 0.15) is 0 Å². The number of carbonyl (C=O) groups excluding carboxylic acids is 1. The summed E-state index contributed by atoms with van der Waals surface area (Å²) in [4.78, 5) is 15.6. The Labute approximate surface area is 119 Å². The van der Waals surface area contributed by atoms with Crippen LogP contribution in [0.5, 0.6) is 0 Å². The first-order valence-corrected chi connectivity index (χ1v) is 7.09. The Bertz CT molecular complexity index is 374. The van der Waals surface area contributed by atoms with Gasteiger partial charge in [0, 0.05) is 11.9 Å². The topological polar surface area (TPSA) is 32.3 Å². The molecule has 1 atom stereocenters. The van der Waals surface area contributed by atoms with Gasteiger partial charge in [-0.05, 0) is 37.3 Å². The Morgan fingerprint density at radius 3 is 2.89 bits per heavy atom. The molecule has 0 bridgehead atoms. The molecule has 3 nitrogen and oxygen atoms in total. The Morgan fingerprint density at radius 1 is 1.61 bits per heavy atom. The molecule has 1 aliphatic heterocycles. The molecule has 5 heteroatoms. The zero-order chi connectivity index (χ0) is 12.3. The van der Waals surface area contributed by atoms with E-state index in [2.05, 4.69) is 23.7 Å². The predicted molar refractivity (Wildman–Crippen MR) is 78.3 cm³/mol. The molecular weight excluding hydrogens is 268 g/mol. The largest absolute Gasteiger partial charge is 0.339 e. The summed E-state index contributed by atoms with van der Waals surface area (Å²) in [5.74, 6) is 0.242. The normalized spacial score (nSPS) is 22.6. The Kier molecular flexibility index (Phi) is 5.63. The quantitative estimate of drug-likeness (QED) is 0.924. The van der Waals surface area contributed by atoms with Crippen molar-refractivity contribution in [3.8, 4) is 0 Å². The number of halogens is 1. The van der Waals surface area contributed by atoms with Crippen LogP contribution in [-0.2, 0) is 11.3 Å². The number of thiophene rings is 1. The molecule has 2 heterocycles. The van der Waals surface area contributed by atoms with Crippen molar-refractivity contribution in [2.24, 2.45) is 0 Å². The Morgan fingerprint density at radius 2 is 2.39 bits per heavy atom. The maximum atomic E-state index is 12.5. The van der Waals surface area contributed by atoms with Crippen LogP contribution in [0.25, 0.3) is 0 Å². The molecule has 0 aromatic carbocycles. The van der Waals surface area contributed by atoms with Crippen molar-refractivity contribution < 1.29 is 4.79 Å². The summed E-state index contributed by atoms with van der Waals surface area (Å²) in [6, 6.07) is 4.11. The average molecular weight is 289 g/mol. The van der Waals surface area contributed by atoms with Gasteiger partial charge in [0.15, 0.2) is 0 Å². The summed E-state index contributed by atoms with van der Waals surface area (Å²) in [6.45, 7) is 3.78. The number of nitrogens with one attached hydrogen (secondary N) is 1. The van der Waals surface area contributed by atoms with Gasteiger partial charge in [0.2, 0.25) is 5.91 Å². The summed E-state index contributed by atoms with van der Waals surface area (Å²) in [5.41, 5.74) is -0.300. The number of hydrogen-bond acceptors (Lipinski definition) is 3. The zero-order valence-corrected chi connectivity index (χ0v) is 12.6. The van der Waals surface area contributed by atoms with E-state index < -0.39 is 0 Å². The van der Waals surface area contributed by atoms with Gasteiger partial charge in [0.05, 0.1) is 12.1 Å². The van der Waals surface area contributed by atoms with Crippen LogP contribution in [-0.4, -0.2) is 29.9 Å². The van der Waals surface area contributed by atoms with Crippen molar-refractivity contribution >= 4 is 29.7 Å². The lowest BCUT2D eigenvalue weighted by molar-refractivity contribution is -0.137. The van der Waals surface area contributed by atoms with Crippen molar-refractivity contribution in [2.45, 2.75) is 38.3 Å². The van der Waals surface area contributed by atoms with E-state index in [9.17, 15) is 4.79 Å². The molecule has 1 aromatic rings. The first kappa shape index (κ1) is 15.5. The van der Waals surface area contributed by atoms with Gasteiger partial charge in [-0.3, -0.25) is 4.79 Å². The van der Waals surface area contributed by atoms with Crippen LogP contribution in [0.1, 0.15) is 31.1 Å². The van der Waals surface area contributed by atoms with E-state index in [1.165, 1.54) is 4.88 Å². The fourth-order valence-corrected chi connectivity index (χ4v) is 3.27. The van der Waals surface area contributed by atoms with Gasteiger partial charge < -0.3 is 10.2 Å². The summed E-state index contributed by atoms with van der Waals surface area (Å²) in [5, 5.41) is 5.44. The fourth-order valence-electron chi connectivity index (χ4n) is 2.52. The third kappa shape index (κ3) is 3.05. The van der Waals surface area contributed by atoms with E-state index in [-0.39, 0.29) is 23.9 Å². The molecule has 0 radical (unpaired) electrons. The smallest absolute Gasteiger partial charge is 0.242 e. The first-order chi connectivity index (χ1) is 8.18. The molecule has 1 unspecified atom stereocenters. The number of nitrogens with zero attached hydrogens (tertiary/aromatic N) is 1. The van der Waals surface area contributed by atoms with Crippen LogP contribution in [0.4, 0.5) is 0 Å². The van der Waals surface area contributed by atoms with Crippen LogP contribution >= 0.6 is 23.7 Å². The van der Waals surface area contributed by atoms with Crippen molar-refractivity contribution in [3.63, 3.8) is 0 Å². The molecule has 1 amide bonds. The molecule has 1 N–H and O–H groups in total. The lowest BCUT2D eigenvalue weighted by Gasteiger charge is -2.31. The van der Waals surface area contributed by atoms with E-state index in [4.69, 9.17) is 0 Å². The maximum absolute atomic E-state index is 12.5. The van der Waals surface area contributed by atoms with Crippen LogP contribution in [0, 0.1) is 0 Å². The third-order valence-electron chi connectivity index (χ3n) is 3.58. The summed E-state index contributed by atoms with van der Waals surface area (Å²) in [7, 11) is 1.90. The van der Waals surface area contributed by atoms with E-state index in [1.807, 2.05) is 18.0 Å². The summed E-state index contributed by atoms with van der Waals surface area (Å²) < 4.78 is 0. The first-order valence-electron chi connectivity index (χ1n) is 6.21. The second-order valence-electron chi connectivity index (χ2n) is 4.71. The number of likely N-dealkylation sites (N-methyl/N-ethyl adjacent to an activating group) is 1. The minimum Gasteiger partial charge on any atom is -0.339 e. The van der Waals surface area contributed by atoms with Gasteiger partial charge in [-0.2, -0.15) is 0 Å². The maximum Gasteiger partial charge on any atom is 0.242 e. The second kappa shape index (κ2) is 6.55. The number of hydrogen-bond donors (Lipinski definition) is 1. The number of amides is 1. The van der Waals surface area contributed by atoms with Crippen molar-refractivity contribution in [2.75, 3.05) is 13.6 Å². The van der Waals surface area contributed by atoms with Crippen LogP contribution in [0.2, 0.25) is 0 Å². The van der Waals surface area contributed by atoms with Gasteiger partial charge in [-0.1, -0.05) is 13.0 Å². The lowest BCUT2D eigenvalue weighted by atomic mass is 9.92. The van der Waals surface area contributed by atoms with Crippen molar-refractivity contribution in [1.29, 1.82) is 0 Å². The highest BCUT2D eigenvalue weighted by Gasteiger charge is 2.40. The predicted octanol–water partition coefficient (Wildman–Crippen LogP) is 2.66. The summed E-state index contributed by atoms with van der Waals surface area (Å²) >= 11 is 1.70. The SMILES string of the molecule is CCC1(C(=O)N(C)Cc2cccs2)CCCN1.Cl. The van der Waals surface area contributed by atoms with Crippen LogP contribution in [0.3, 0.4) is 0 Å². The van der Waals surface area contributed by atoms with E-state index in [1.54, 1.807) is 11.3 Å². The van der Waals surface area contributed by atoms with E-state index in [0.717, 1.165) is 32.4 Å². The number of carbonyl (C=O) groups is 1. The highest BCUT2D eigenvalue weighted by atomic mass is 35.5. The molecule has 2 rings (SSSR count). The molecular formula is C13H21ClN2OS. The van der Waals surface area contributed by atoms with Gasteiger partial charge in [-0.15, -0.1) is 23.7 Å². The van der Waals surface area contributed by atoms with Gasteiger partial charge in [-0.25, -0.2) is 0 Å². The third-order valence-corrected chi connectivity index (χ3v) is 4.44. The number of rotatable bonds is 4. The molecule has 0 spiro atoms. The minimum atomic E-state index is -0.300. The molecule has 1 saturated heterocycles. The van der Waals surface area contributed by atoms with Gasteiger partial charge >= 0.3 is 0 Å². The molecule has 0 saturated carbocycles.